The number of carboxylic acids is 1. The Kier molecular flexibility index (Phi) is 4.70. The van der Waals surface area contributed by atoms with Crippen molar-refractivity contribution in [3.63, 3.8) is 0 Å². The summed E-state index contributed by atoms with van der Waals surface area (Å²) in [6.45, 7) is 7.87. The minimum atomic E-state index is -0.791. The van der Waals surface area contributed by atoms with Crippen LogP contribution in [0, 0.1) is 12.8 Å². The molecule has 0 aromatic heterocycles. The Morgan fingerprint density at radius 3 is 2.29 bits per heavy atom. The van der Waals surface area contributed by atoms with E-state index in [9.17, 15) is 4.79 Å². The number of hydrogen-bond donors (Lipinski definition) is 2. The van der Waals surface area contributed by atoms with Gasteiger partial charge < -0.3 is 5.11 Å². The highest BCUT2D eigenvalue weighted by Crippen LogP contribution is 2.18. The van der Waals surface area contributed by atoms with Crippen LogP contribution in [0.15, 0.2) is 24.3 Å². The van der Waals surface area contributed by atoms with E-state index in [0.717, 1.165) is 5.56 Å². The van der Waals surface area contributed by atoms with E-state index in [-0.39, 0.29) is 12.0 Å². The van der Waals surface area contributed by atoms with Gasteiger partial charge in [-0.3, -0.25) is 10.1 Å². The molecule has 1 aromatic carbocycles. The maximum Gasteiger partial charge on any atom is 0.320 e. The second-order valence-corrected chi connectivity index (χ2v) is 4.80. The molecule has 0 saturated heterocycles. The molecule has 1 unspecified atom stereocenters. The third-order valence-electron chi connectivity index (χ3n) is 3.02. The minimum absolute atomic E-state index is 0.0414. The van der Waals surface area contributed by atoms with Gasteiger partial charge in [-0.2, -0.15) is 0 Å². The van der Waals surface area contributed by atoms with Gasteiger partial charge in [0.05, 0.1) is 0 Å². The molecule has 2 N–H and O–H groups in total. The van der Waals surface area contributed by atoms with Crippen molar-refractivity contribution in [3.05, 3.63) is 35.4 Å². The Labute approximate surface area is 103 Å². The first-order chi connectivity index (χ1) is 7.93. The Hall–Kier alpha value is -1.35. The molecule has 1 aromatic rings. The van der Waals surface area contributed by atoms with E-state index < -0.39 is 12.0 Å². The van der Waals surface area contributed by atoms with E-state index in [1.165, 1.54) is 5.56 Å². The SMILES string of the molecule is Cc1ccccc1[C@@H](C)NC(C(=O)O)C(C)C. The van der Waals surface area contributed by atoms with E-state index in [1.807, 2.05) is 52.0 Å². The lowest BCUT2D eigenvalue weighted by molar-refractivity contribution is -0.140. The van der Waals surface area contributed by atoms with Gasteiger partial charge >= 0.3 is 5.97 Å². The van der Waals surface area contributed by atoms with Crippen LogP contribution in [0.3, 0.4) is 0 Å². The highest BCUT2D eigenvalue weighted by atomic mass is 16.4. The first-order valence-corrected chi connectivity index (χ1v) is 5.98. The van der Waals surface area contributed by atoms with Crippen LogP contribution in [-0.4, -0.2) is 17.1 Å². The maximum absolute atomic E-state index is 11.1. The lowest BCUT2D eigenvalue weighted by Gasteiger charge is -2.24. The lowest BCUT2D eigenvalue weighted by Crippen LogP contribution is -2.42. The highest BCUT2D eigenvalue weighted by Gasteiger charge is 2.23. The Morgan fingerprint density at radius 2 is 1.82 bits per heavy atom. The number of carboxylic acid groups (broad SMARTS) is 1. The van der Waals surface area contributed by atoms with Crippen molar-refractivity contribution in [2.24, 2.45) is 5.92 Å². The molecule has 2 atom stereocenters. The van der Waals surface area contributed by atoms with Gasteiger partial charge in [0.1, 0.15) is 6.04 Å². The largest absolute Gasteiger partial charge is 0.480 e. The first-order valence-electron chi connectivity index (χ1n) is 5.98. The van der Waals surface area contributed by atoms with Crippen molar-refractivity contribution < 1.29 is 9.90 Å². The number of hydrogen-bond acceptors (Lipinski definition) is 2. The molecule has 3 heteroatoms. The summed E-state index contributed by atoms with van der Waals surface area (Å²) >= 11 is 0. The molecule has 0 bridgehead atoms. The van der Waals surface area contributed by atoms with Gasteiger partial charge in [0.2, 0.25) is 0 Å². The fraction of sp³-hybridized carbons (Fsp3) is 0.500. The Balaban J connectivity index is 2.81. The van der Waals surface area contributed by atoms with E-state index in [2.05, 4.69) is 5.32 Å². The van der Waals surface area contributed by atoms with Gasteiger partial charge in [-0.15, -0.1) is 0 Å². The topological polar surface area (TPSA) is 49.3 Å². The van der Waals surface area contributed by atoms with Crippen LogP contribution >= 0.6 is 0 Å². The molecule has 0 saturated carbocycles. The molecule has 1 rings (SSSR count). The number of carbonyl (C=O) groups is 1. The second kappa shape index (κ2) is 5.82. The summed E-state index contributed by atoms with van der Waals surface area (Å²) in [5, 5.41) is 12.3. The number of aryl methyl sites for hydroxylation is 1. The first kappa shape index (κ1) is 13.7. The summed E-state index contributed by atoms with van der Waals surface area (Å²) in [4.78, 5) is 11.1. The molecule has 0 heterocycles. The third-order valence-corrected chi connectivity index (χ3v) is 3.02. The Bertz CT molecular complexity index is 388. The van der Waals surface area contributed by atoms with Crippen molar-refractivity contribution >= 4 is 5.97 Å². The number of nitrogens with one attached hydrogen (secondary N) is 1. The third kappa shape index (κ3) is 3.56. The smallest absolute Gasteiger partial charge is 0.320 e. The monoisotopic (exact) mass is 235 g/mol. The van der Waals surface area contributed by atoms with E-state index in [1.54, 1.807) is 0 Å². The molecule has 3 nitrogen and oxygen atoms in total. The zero-order valence-electron chi connectivity index (χ0n) is 10.9. The number of rotatable bonds is 5. The van der Waals surface area contributed by atoms with Crippen LogP contribution in [0.4, 0.5) is 0 Å². The van der Waals surface area contributed by atoms with Crippen LogP contribution in [0.5, 0.6) is 0 Å². The van der Waals surface area contributed by atoms with Crippen molar-refractivity contribution in [2.75, 3.05) is 0 Å². The molecule has 0 amide bonds. The zero-order valence-corrected chi connectivity index (χ0v) is 10.9. The maximum atomic E-state index is 11.1. The van der Waals surface area contributed by atoms with Gasteiger partial charge in [-0.05, 0) is 30.9 Å². The normalized spacial score (nSPS) is 14.6. The summed E-state index contributed by atoms with van der Waals surface area (Å²) in [6.07, 6.45) is 0. The molecule has 17 heavy (non-hydrogen) atoms. The van der Waals surface area contributed by atoms with Crippen LogP contribution in [0.25, 0.3) is 0 Å². The Morgan fingerprint density at radius 1 is 1.24 bits per heavy atom. The van der Waals surface area contributed by atoms with Crippen molar-refractivity contribution in [1.82, 2.24) is 5.32 Å². The van der Waals surface area contributed by atoms with Gasteiger partial charge in [0.25, 0.3) is 0 Å². The van der Waals surface area contributed by atoms with Crippen LogP contribution in [0.2, 0.25) is 0 Å². The summed E-state index contributed by atoms with van der Waals surface area (Å²) in [6, 6.07) is 7.57. The molecular formula is C14H21NO2. The predicted molar refractivity (Wildman–Crippen MR) is 69.0 cm³/mol. The fourth-order valence-electron chi connectivity index (χ4n) is 1.98. The van der Waals surface area contributed by atoms with Crippen molar-refractivity contribution in [1.29, 1.82) is 0 Å². The van der Waals surface area contributed by atoms with Crippen LogP contribution in [0.1, 0.15) is 37.9 Å². The summed E-state index contributed by atoms with van der Waals surface area (Å²) < 4.78 is 0. The van der Waals surface area contributed by atoms with Gasteiger partial charge in [0.15, 0.2) is 0 Å². The highest BCUT2D eigenvalue weighted by molar-refractivity contribution is 5.73. The molecule has 0 aliphatic carbocycles. The standard InChI is InChI=1S/C14H21NO2/c1-9(2)13(14(16)17)15-11(4)12-8-6-5-7-10(12)3/h5-9,11,13,15H,1-4H3,(H,16,17)/t11-,13?/m1/s1. The number of aliphatic carboxylic acids is 1. The van der Waals surface area contributed by atoms with Crippen molar-refractivity contribution in [2.45, 2.75) is 39.8 Å². The quantitative estimate of drug-likeness (QED) is 0.825. The second-order valence-electron chi connectivity index (χ2n) is 4.80. The summed E-state index contributed by atoms with van der Waals surface area (Å²) in [5.41, 5.74) is 2.33. The fourth-order valence-corrected chi connectivity index (χ4v) is 1.98. The molecule has 0 aliphatic heterocycles. The summed E-state index contributed by atoms with van der Waals surface area (Å²) in [7, 11) is 0. The number of benzene rings is 1. The van der Waals surface area contributed by atoms with Crippen molar-refractivity contribution in [3.8, 4) is 0 Å². The minimum Gasteiger partial charge on any atom is -0.480 e. The molecule has 0 aliphatic rings. The average Bonchev–Trinajstić information content (AvgIpc) is 2.25. The van der Waals surface area contributed by atoms with Crippen LogP contribution < -0.4 is 5.32 Å². The lowest BCUT2D eigenvalue weighted by atomic mass is 9.99. The molecular weight excluding hydrogens is 214 g/mol. The average molecular weight is 235 g/mol. The van der Waals surface area contributed by atoms with E-state index in [0.29, 0.717) is 0 Å². The van der Waals surface area contributed by atoms with Gasteiger partial charge in [-0.25, -0.2) is 0 Å². The zero-order chi connectivity index (χ0) is 13.0. The predicted octanol–water partition coefficient (Wildman–Crippen LogP) is 2.75. The molecule has 94 valence electrons. The van der Waals surface area contributed by atoms with E-state index >= 15 is 0 Å². The molecule has 0 radical (unpaired) electrons. The van der Waals surface area contributed by atoms with Crippen LogP contribution in [-0.2, 0) is 4.79 Å². The van der Waals surface area contributed by atoms with Gasteiger partial charge in [0, 0.05) is 6.04 Å². The summed E-state index contributed by atoms with van der Waals surface area (Å²) in [5.74, 6) is -0.723. The van der Waals surface area contributed by atoms with Gasteiger partial charge in [-0.1, -0.05) is 38.1 Å². The molecule has 0 fully saturated rings. The van der Waals surface area contributed by atoms with E-state index in [4.69, 9.17) is 5.11 Å². The molecule has 0 spiro atoms.